The average Bonchev–Trinajstić information content (AvgIpc) is 3.59. The number of nitrogens with zero attached hydrogens (tertiary/aromatic N) is 5. The van der Waals surface area contributed by atoms with Gasteiger partial charge in [0.1, 0.15) is 24.3 Å². The molecule has 0 bridgehead atoms. The van der Waals surface area contributed by atoms with E-state index in [2.05, 4.69) is 63.1 Å². The van der Waals surface area contributed by atoms with Gasteiger partial charge in [-0.1, -0.05) is 72.1 Å². The second-order valence-corrected chi connectivity index (χ2v) is 11.2. The van der Waals surface area contributed by atoms with Crippen LogP contribution in [0, 0.1) is 11.6 Å². The van der Waals surface area contributed by atoms with Crippen molar-refractivity contribution in [3.05, 3.63) is 162 Å². The van der Waals surface area contributed by atoms with Crippen LogP contribution in [-0.2, 0) is 11.9 Å². The van der Waals surface area contributed by atoms with Gasteiger partial charge in [0.05, 0.1) is 17.9 Å². The summed E-state index contributed by atoms with van der Waals surface area (Å²) in [4.78, 5) is 23.4. The molecule has 0 spiro atoms. The van der Waals surface area contributed by atoms with Crippen molar-refractivity contribution in [2.75, 3.05) is 0 Å². The number of H-pyrrole nitrogens is 1. The fourth-order valence-corrected chi connectivity index (χ4v) is 4.56. The van der Waals surface area contributed by atoms with Crippen molar-refractivity contribution in [2.45, 2.75) is 11.9 Å². The molecule has 220 valence electrons. The maximum atomic E-state index is 13.2. The highest BCUT2D eigenvalue weighted by molar-refractivity contribution is 9.10. The molecule has 0 aliphatic rings. The normalized spacial score (nSPS) is 10.3. The van der Waals surface area contributed by atoms with Crippen LogP contribution >= 0.6 is 47.8 Å². The van der Waals surface area contributed by atoms with Gasteiger partial charge in [-0.05, 0) is 83.9 Å². The average molecular weight is 777 g/mol. The van der Waals surface area contributed by atoms with E-state index in [1.165, 1.54) is 50.7 Å². The Hall–Kier alpha value is -3.94. The first kappa shape index (κ1) is 32.0. The molecule has 0 radical (unpaired) electrons. The fourth-order valence-electron chi connectivity index (χ4n) is 3.69. The second kappa shape index (κ2) is 15.5. The van der Waals surface area contributed by atoms with Crippen molar-refractivity contribution in [1.82, 2.24) is 29.1 Å². The summed E-state index contributed by atoms with van der Waals surface area (Å²) in [6.45, 7) is 0.236. The Morgan fingerprint density at radius 3 is 1.72 bits per heavy atom. The van der Waals surface area contributed by atoms with Crippen LogP contribution in [0.3, 0.4) is 0 Å². The highest BCUT2D eigenvalue weighted by atomic mass is 79.9. The molecule has 8 nitrogen and oxygen atoms in total. The zero-order valence-corrected chi connectivity index (χ0v) is 27.0. The second-order valence-electron chi connectivity index (χ2n) is 8.82. The molecule has 0 aliphatic carbocycles. The molecule has 13 heteroatoms. The van der Waals surface area contributed by atoms with Crippen LogP contribution in [0.25, 0.3) is 11.4 Å². The van der Waals surface area contributed by atoms with E-state index in [4.69, 9.17) is 0 Å². The fraction of sp³-hybridized carbons (Fsp3) is 0.0667. The number of halogens is 5. The molecule has 0 fully saturated rings. The summed E-state index contributed by atoms with van der Waals surface area (Å²) in [6.07, 6.45) is 2.91. The first-order chi connectivity index (χ1) is 20.7. The van der Waals surface area contributed by atoms with E-state index in [0.717, 1.165) is 25.9 Å². The largest absolute Gasteiger partial charge is 0.350 e. The molecule has 2 aromatic heterocycles. The smallest absolute Gasteiger partial charge is 0.250 e. The maximum Gasteiger partial charge on any atom is 0.350 e. The lowest BCUT2D eigenvalue weighted by Gasteiger charge is -2.02. The summed E-state index contributed by atoms with van der Waals surface area (Å²) in [5, 5.41) is 10.7. The van der Waals surface area contributed by atoms with Crippen LogP contribution < -0.4 is 11.4 Å². The topological polar surface area (TPSA) is 90.5 Å². The molecule has 0 amide bonds. The Kier molecular flexibility index (Phi) is 11.5. The third kappa shape index (κ3) is 9.27. The molecule has 1 N–H and O–H groups in total. The summed E-state index contributed by atoms with van der Waals surface area (Å²) >= 11 is 9.89. The molecule has 6 rings (SSSR count). The molecule has 2 heterocycles. The lowest BCUT2D eigenvalue weighted by Crippen LogP contribution is -2.24. The number of aromatic nitrogens is 6. The van der Waals surface area contributed by atoms with E-state index in [0.29, 0.717) is 10.9 Å². The van der Waals surface area contributed by atoms with E-state index in [9.17, 15) is 18.4 Å². The molecular formula is C30H23Br3F2N6O2. The lowest BCUT2D eigenvalue weighted by atomic mass is 10.2. The van der Waals surface area contributed by atoms with Crippen molar-refractivity contribution in [3.63, 3.8) is 0 Å². The van der Waals surface area contributed by atoms with Gasteiger partial charge in [-0.3, -0.25) is 0 Å². The van der Waals surface area contributed by atoms with Gasteiger partial charge in [-0.25, -0.2) is 37.3 Å². The number of rotatable bonds is 5. The van der Waals surface area contributed by atoms with Gasteiger partial charge in [0, 0.05) is 14.3 Å². The summed E-state index contributed by atoms with van der Waals surface area (Å²) in [5.74, 6) is -0.500. The number of nitrogens with one attached hydrogen (secondary N) is 1. The molecule has 0 unspecified atom stereocenters. The van der Waals surface area contributed by atoms with E-state index < -0.39 is 0 Å². The Morgan fingerprint density at radius 2 is 1.23 bits per heavy atom. The van der Waals surface area contributed by atoms with Crippen LogP contribution in [0.4, 0.5) is 8.78 Å². The van der Waals surface area contributed by atoms with Crippen molar-refractivity contribution in [2.24, 2.45) is 0 Å². The van der Waals surface area contributed by atoms with E-state index in [1.54, 1.807) is 18.2 Å². The van der Waals surface area contributed by atoms with E-state index in [1.807, 2.05) is 54.6 Å². The minimum atomic E-state index is -0.326. The zero-order chi connectivity index (χ0) is 30.8. The van der Waals surface area contributed by atoms with E-state index >= 15 is 0 Å². The van der Waals surface area contributed by atoms with Crippen molar-refractivity contribution >= 4 is 47.8 Å². The zero-order valence-electron chi connectivity index (χ0n) is 22.2. The van der Waals surface area contributed by atoms with Gasteiger partial charge in [-0.15, -0.1) is 0 Å². The van der Waals surface area contributed by atoms with Gasteiger partial charge < -0.3 is 0 Å². The van der Waals surface area contributed by atoms with Gasteiger partial charge in [0.15, 0.2) is 0 Å². The molecular weight excluding hydrogens is 754 g/mol. The predicted molar refractivity (Wildman–Crippen MR) is 172 cm³/mol. The number of hydrogen-bond donors (Lipinski definition) is 1. The molecule has 0 saturated carbocycles. The highest BCUT2D eigenvalue weighted by Gasteiger charge is 2.08. The summed E-state index contributed by atoms with van der Waals surface area (Å²) in [6, 6.07) is 27.4. The van der Waals surface area contributed by atoms with Crippen molar-refractivity contribution in [3.8, 4) is 11.4 Å². The summed E-state index contributed by atoms with van der Waals surface area (Å²) < 4.78 is 31.6. The number of aromatic amines is 1. The Labute approximate surface area is 270 Å². The number of hydrogen-bond acceptors (Lipinski definition) is 4. The molecule has 0 atom stereocenters. The Bertz CT molecular complexity index is 1880. The first-order valence-corrected chi connectivity index (χ1v) is 15.3. The third-order valence-electron chi connectivity index (χ3n) is 5.76. The predicted octanol–water partition coefficient (Wildman–Crippen LogP) is 7.03. The third-order valence-corrected chi connectivity index (χ3v) is 7.46. The number of benzene rings is 4. The maximum absolute atomic E-state index is 13.2. The standard InChI is InChI=1S/C15H11BrFN3O.C8H6BrN3O.C7H6BrF/c16-12-4-6-14(7-5-12)19-10-18-20(15(19)21)9-11-2-1-3-13(17)8-11;9-6-1-3-7(4-2-6)12-5-10-11-8(12)13;8-5-6-2-1-3-7(9)4-6/h1-8,10H,9H2;1-5H,(H,11,13);1-4H,5H2. The van der Waals surface area contributed by atoms with E-state index in [-0.39, 0.29) is 29.6 Å². The molecule has 6 aromatic rings. The molecule has 0 aliphatic heterocycles. The lowest BCUT2D eigenvalue weighted by molar-refractivity contribution is 0.614. The Balaban J connectivity index is 0.000000163. The van der Waals surface area contributed by atoms with Gasteiger partial charge >= 0.3 is 11.4 Å². The minimum Gasteiger partial charge on any atom is -0.250 e. The monoisotopic (exact) mass is 774 g/mol. The quantitative estimate of drug-likeness (QED) is 0.191. The SMILES string of the molecule is Fc1cccc(CBr)c1.O=c1[nH]ncn1-c1ccc(Br)cc1.O=c1n(-c2ccc(Br)cc2)cnn1Cc1cccc(F)c1. The highest BCUT2D eigenvalue weighted by Crippen LogP contribution is 2.13. The minimum absolute atomic E-state index is 0.174. The van der Waals surface area contributed by atoms with Gasteiger partial charge in [-0.2, -0.15) is 10.2 Å². The summed E-state index contributed by atoms with van der Waals surface area (Å²) in [7, 11) is 0. The molecule has 43 heavy (non-hydrogen) atoms. The first-order valence-electron chi connectivity index (χ1n) is 12.6. The molecule has 4 aromatic carbocycles. The van der Waals surface area contributed by atoms with Gasteiger partial charge in [0.25, 0.3) is 0 Å². The van der Waals surface area contributed by atoms with Gasteiger partial charge in [0.2, 0.25) is 0 Å². The van der Waals surface area contributed by atoms with Crippen molar-refractivity contribution in [1.29, 1.82) is 0 Å². The van der Waals surface area contributed by atoms with Crippen molar-refractivity contribution < 1.29 is 8.78 Å². The van der Waals surface area contributed by atoms with Crippen LogP contribution in [-0.4, -0.2) is 29.1 Å². The Morgan fingerprint density at radius 1 is 0.698 bits per heavy atom. The number of alkyl halides is 1. The van der Waals surface area contributed by atoms with Crippen LogP contribution in [0.5, 0.6) is 0 Å². The van der Waals surface area contributed by atoms with Crippen LogP contribution in [0.1, 0.15) is 11.1 Å². The molecule has 0 saturated heterocycles. The van der Waals surface area contributed by atoms with Crippen LogP contribution in [0.15, 0.2) is 128 Å². The van der Waals surface area contributed by atoms with Crippen LogP contribution in [0.2, 0.25) is 0 Å². The summed E-state index contributed by atoms with van der Waals surface area (Å²) in [5.41, 5.74) is 2.69.